The van der Waals surface area contributed by atoms with E-state index in [0.717, 1.165) is 37.5 Å². The van der Waals surface area contributed by atoms with Crippen LogP contribution in [0.4, 0.5) is 0 Å². The molecule has 0 saturated carbocycles. The van der Waals surface area contributed by atoms with Crippen LogP contribution in [-0.2, 0) is 11.3 Å². The molecule has 2 aromatic rings. The van der Waals surface area contributed by atoms with E-state index in [1.165, 1.54) is 10.4 Å². The maximum Gasteiger partial charge on any atom is 0.264 e. The number of likely N-dealkylation sites (N-methyl/N-ethyl adjacent to an activating group) is 1. The van der Waals surface area contributed by atoms with Crippen molar-refractivity contribution in [1.82, 2.24) is 9.80 Å². The van der Waals surface area contributed by atoms with E-state index in [1.54, 1.807) is 11.3 Å². The van der Waals surface area contributed by atoms with E-state index in [4.69, 9.17) is 4.74 Å². The minimum absolute atomic E-state index is 0.127. The molecule has 0 aliphatic carbocycles. The summed E-state index contributed by atoms with van der Waals surface area (Å²) in [5.41, 5.74) is 1.20. The molecule has 0 bridgehead atoms. The van der Waals surface area contributed by atoms with Crippen molar-refractivity contribution in [2.45, 2.75) is 31.5 Å². The van der Waals surface area contributed by atoms with Gasteiger partial charge in [0.25, 0.3) is 5.91 Å². The summed E-state index contributed by atoms with van der Waals surface area (Å²) in [5, 5.41) is 0. The van der Waals surface area contributed by atoms with Crippen LogP contribution in [0.3, 0.4) is 0 Å². The number of hydrogen-bond donors (Lipinski definition) is 0. The van der Waals surface area contributed by atoms with E-state index in [-0.39, 0.29) is 11.5 Å². The Morgan fingerprint density at radius 1 is 1.28 bits per heavy atom. The molecule has 2 aliphatic heterocycles. The molecule has 2 aliphatic rings. The molecule has 3 heterocycles. The van der Waals surface area contributed by atoms with Crippen molar-refractivity contribution in [3.05, 3.63) is 57.8 Å². The molecule has 1 aromatic heterocycles. The van der Waals surface area contributed by atoms with Gasteiger partial charge in [0.1, 0.15) is 5.60 Å². The molecule has 2 saturated heterocycles. The Balaban J connectivity index is 1.32. The van der Waals surface area contributed by atoms with Gasteiger partial charge < -0.3 is 9.64 Å². The number of likely N-dealkylation sites (tertiary alicyclic amines) is 1. The molecule has 25 heavy (non-hydrogen) atoms. The molecule has 0 radical (unpaired) electrons. The van der Waals surface area contributed by atoms with Crippen LogP contribution >= 0.6 is 11.3 Å². The highest BCUT2D eigenvalue weighted by molar-refractivity contribution is 7.13. The van der Waals surface area contributed by atoms with Gasteiger partial charge in [-0.25, -0.2) is 0 Å². The van der Waals surface area contributed by atoms with Gasteiger partial charge in [-0.05, 0) is 38.1 Å². The van der Waals surface area contributed by atoms with Gasteiger partial charge in [0.2, 0.25) is 0 Å². The number of carbonyl (C=O) groups excluding carboxylic acids is 1. The minimum Gasteiger partial charge on any atom is -0.370 e. The first-order valence-electron chi connectivity index (χ1n) is 8.78. The van der Waals surface area contributed by atoms with E-state index in [0.29, 0.717) is 6.04 Å². The Kier molecular flexibility index (Phi) is 4.40. The standard InChI is InChI=1S/C20H24N2O2S/c1-15-8-9-18(25-15)19(23)22-13-20(14-22)10-17(12-24-20)21(2)11-16-6-4-3-5-7-16/h3-9,17H,10-14H2,1-2H3. The molecule has 5 heteroatoms. The number of amides is 1. The summed E-state index contributed by atoms with van der Waals surface area (Å²) in [6.45, 7) is 5.16. The van der Waals surface area contributed by atoms with Gasteiger partial charge >= 0.3 is 0 Å². The number of nitrogens with zero attached hydrogens (tertiary/aromatic N) is 2. The average molecular weight is 356 g/mol. The van der Waals surface area contributed by atoms with Crippen molar-refractivity contribution in [3.63, 3.8) is 0 Å². The number of benzene rings is 1. The normalized spacial score (nSPS) is 21.7. The minimum atomic E-state index is -0.127. The fraction of sp³-hybridized carbons (Fsp3) is 0.450. The van der Waals surface area contributed by atoms with Crippen LogP contribution in [0.15, 0.2) is 42.5 Å². The van der Waals surface area contributed by atoms with Gasteiger partial charge in [-0.15, -0.1) is 11.3 Å². The van der Waals surface area contributed by atoms with E-state index in [2.05, 4.69) is 36.2 Å². The summed E-state index contributed by atoms with van der Waals surface area (Å²) in [7, 11) is 2.16. The van der Waals surface area contributed by atoms with Crippen molar-refractivity contribution in [1.29, 1.82) is 0 Å². The number of ether oxygens (including phenoxy) is 1. The Morgan fingerprint density at radius 3 is 2.72 bits per heavy atom. The molecule has 1 unspecified atom stereocenters. The van der Waals surface area contributed by atoms with Crippen molar-refractivity contribution in [2.75, 3.05) is 26.7 Å². The van der Waals surface area contributed by atoms with Crippen molar-refractivity contribution < 1.29 is 9.53 Å². The topological polar surface area (TPSA) is 32.8 Å². The number of hydrogen-bond acceptors (Lipinski definition) is 4. The SMILES string of the molecule is Cc1ccc(C(=O)N2CC3(CC(N(C)Cc4ccccc4)CO3)C2)s1. The molecule has 2 fully saturated rings. The van der Waals surface area contributed by atoms with Crippen molar-refractivity contribution in [3.8, 4) is 0 Å². The predicted octanol–water partition coefficient (Wildman–Crippen LogP) is 3.17. The Morgan fingerprint density at radius 2 is 2.04 bits per heavy atom. The fourth-order valence-electron chi connectivity index (χ4n) is 3.82. The Labute approximate surface area is 153 Å². The molecule has 1 spiro atoms. The highest BCUT2D eigenvalue weighted by Crippen LogP contribution is 2.38. The number of aryl methyl sites for hydroxylation is 1. The van der Waals surface area contributed by atoms with E-state index < -0.39 is 0 Å². The zero-order valence-electron chi connectivity index (χ0n) is 14.8. The quantitative estimate of drug-likeness (QED) is 0.844. The van der Waals surface area contributed by atoms with Gasteiger partial charge in [0.05, 0.1) is 24.6 Å². The highest BCUT2D eigenvalue weighted by atomic mass is 32.1. The Bertz CT molecular complexity index is 752. The molecule has 132 valence electrons. The van der Waals surface area contributed by atoms with Crippen molar-refractivity contribution in [2.24, 2.45) is 0 Å². The lowest BCUT2D eigenvalue weighted by atomic mass is 9.89. The van der Waals surface area contributed by atoms with Crippen LogP contribution in [0.5, 0.6) is 0 Å². The van der Waals surface area contributed by atoms with Crippen molar-refractivity contribution >= 4 is 17.2 Å². The lowest BCUT2D eigenvalue weighted by Gasteiger charge is -2.47. The second-order valence-electron chi connectivity index (χ2n) is 7.32. The lowest BCUT2D eigenvalue weighted by Crippen LogP contribution is -2.63. The van der Waals surface area contributed by atoms with E-state index >= 15 is 0 Å². The first-order valence-corrected chi connectivity index (χ1v) is 9.60. The van der Waals surface area contributed by atoms with Crippen LogP contribution in [0, 0.1) is 6.92 Å². The maximum atomic E-state index is 12.5. The zero-order valence-corrected chi connectivity index (χ0v) is 15.6. The molecule has 1 amide bonds. The molecule has 0 N–H and O–H groups in total. The highest BCUT2D eigenvalue weighted by Gasteiger charge is 2.52. The molecular weight excluding hydrogens is 332 g/mol. The summed E-state index contributed by atoms with van der Waals surface area (Å²) in [5.74, 6) is 0.147. The smallest absolute Gasteiger partial charge is 0.264 e. The molecule has 1 atom stereocenters. The number of rotatable bonds is 4. The summed E-state index contributed by atoms with van der Waals surface area (Å²) in [6.07, 6.45) is 1.00. The number of thiophene rings is 1. The molecule has 4 nitrogen and oxygen atoms in total. The van der Waals surface area contributed by atoms with E-state index in [9.17, 15) is 4.79 Å². The van der Waals surface area contributed by atoms with Gasteiger partial charge in [-0.3, -0.25) is 9.69 Å². The van der Waals surface area contributed by atoms with Gasteiger partial charge in [0.15, 0.2) is 0 Å². The third-order valence-corrected chi connectivity index (χ3v) is 6.27. The first-order chi connectivity index (χ1) is 12.0. The van der Waals surface area contributed by atoms with Crippen LogP contribution in [0.25, 0.3) is 0 Å². The van der Waals surface area contributed by atoms with Crippen LogP contribution in [-0.4, -0.2) is 54.1 Å². The van der Waals surface area contributed by atoms with Crippen LogP contribution < -0.4 is 0 Å². The largest absolute Gasteiger partial charge is 0.370 e. The molecular formula is C20H24N2O2S. The molecule has 4 rings (SSSR count). The zero-order chi connectivity index (χ0) is 17.4. The summed E-state index contributed by atoms with van der Waals surface area (Å²) in [4.78, 5) is 18.8. The van der Waals surface area contributed by atoms with Crippen LogP contribution in [0.1, 0.15) is 26.5 Å². The lowest BCUT2D eigenvalue weighted by molar-refractivity contribution is -0.0949. The fourth-order valence-corrected chi connectivity index (χ4v) is 4.66. The van der Waals surface area contributed by atoms with Gasteiger partial charge in [0, 0.05) is 17.5 Å². The molecule has 1 aromatic carbocycles. The summed E-state index contributed by atoms with van der Waals surface area (Å²) < 4.78 is 6.14. The third kappa shape index (κ3) is 3.36. The monoisotopic (exact) mass is 356 g/mol. The Hall–Kier alpha value is -1.69. The first kappa shape index (κ1) is 16.8. The number of carbonyl (C=O) groups is 1. The van der Waals surface area contributed by atoms with E-state index in [1.807, 2.05) is 30.0 Å². The van der Waals surface area contributed by atoms with Gasteiger partial charge in [-0.2, -0.15) is 0 Å². The summed E-state index contributed by atoms with van der Waals surface area (Å²) in [6, 6.07) is 14.9. The second kappa shape index (κ2) is 6.56. The third-order valence-electron chi connectivity index (χ3n) is 5.28. The van der Waals surface area contributed by atoms with Gasteiger partial charge in [-0.1, -0.05) is 30.3 Å². The average Bonchev–Trinajstić information content (AvgIpc) is 3.20. The van der Waals surface area contributed by atoms with Crippen LogP contribution in [0.2, 0.25) is 0 Å². The predicted molar refractivity (Wildman–Crippen MR) is 100.0 cm³/mol. The maximum absolute atomic E-state index is 12.5. The summed E-state index contributed by atoms with van der Waals surface area (Å²) >= 11 is 1.57. The second-order valence-corrected chi connectivity index (χ2v) is 8.61.